The van der Waals surface area contributed by atoms with Gasteiger partial charge in [-0.1, -0.05) is 83.8 Å². The molecule has 0 aromatic rings. The van der Waals surface area contributed by atoms with Crippen molar-refractivity contribution < 1.29 is 0 Å². The van der Waals surface area contributed by atoms with Crippen LogP contribution in [0, 0.1) is 0 Å². The van der Waals surface area contributed by atoms with Crippen molar-refractivity contribution in [1.82, 2.24) is 0 Å². The first kappa shape index (κ1) is 18.7. The van der Waals surface area contributed by atoms with Gasteiger partial charge in [-0.15, -0.1) is 0 Å². The fraction of sp³-hybridized carbons (Fsp3) is 0.895. The first-order valence-corrected chi connectivity index (χ1v) is 9.03. The van der Waals surface area contributed by atoms with Gasteiger partial charge in [0.25, 0.3) is 0 Å². The van der Waals surface area contributed by atoms with Crippen molar-refractivity contribution in [3.8, 4) is 0 Å². The van der Waals surface area contributed by atoms with Gasteiger partial charge in [0.1, 0.15) is 0 Å². The third kappa shape index (κ3) is 14.0. The van der Waals surface area contributed by atoms with Crippen LogP contribution in [0.5, 0.6) is 0 Å². The predicted octanol–water partition coefficient (Wildman–Crippen LogP) is 7.43. The van der Waals surface area contributed by atoms with Crippen molar-refractivity contribution in [3.05, 3.63) is 11.6 Å². The lowest BCUT2D eigenvalue weighted by Crippen LogP contribution is -1.88. The van der Waals surface area contributed by atoms with E-state index in [1.807, 2.05) is 0 Å². The van der Waals surface area contributed by atoms with E-state index in [9.17, 15) is 0 Å². The number of hydrogen-bond donors (Lipinski definition) is 0. The Bertz CT molecular complexity index is 176. The minimum absolute atomic E-state index is 1.32. The van der Waals surface area contributed by atoms with E-state index in [1.54, 1.807) is 5.57 Å². The maximum Gasteiger partial charge on any atom is -0.0320 e. The minimum atomic E-state index is 1.32. The number of unbranched alkanes of at least 4 members (excludes halogenated alkanes) is 9. The number of rotatable bonds is 14. The van der Waals surface area contributed by atoms with Crippen molar-refractivity contribution in [1.29, 1.82) is 0 Å². The monoisotopic (exact) mass is 266 g/mol. The van der Waals surface area contributed by atoms with Crippen molar-refractivity contribution in [2.75, 3.05) is 0 Å². The van der Waals surface area contributed by atoms with Crippen LogP contribution in [0.4, 0.5) is 0 Å². The highest BCUT2D eigenvalue weighted by Gasteiger charge is 1.99. The van der Waals surface area contributed by atoms with Crippen LogP contribution in [0.2, 0.25) is 0 Å². The number of allylic oxidation sites excluding steroid dienone is 2. The summed E-state index contributed by atoms with van der Waals surface area (Å²) in [5, 5.41) is 0. The average Bonchev–Trinajstić information content (AvgIpc) is 2.43. The average molecular weight is 267 g/mol. The van der Waals surface area contributed by atoms with Gasteiger partial charge in [0.2, 0.25) is 0 Å². The molecule has 0 fully saturated rings. The molecule has 0 rings (SSSR count). The molecule has 0 saturated heterocycles. The van der Waals surface area contributed by atoms with Crippen molar-refractivity contribution in [2.45, 2.75) is 111 Å². The second-order valence-electron chi connectivity index (χ2n) is 5.98. The van der Waals surface area contributed by atoms with E-state index in [2.05, 4.69) is 26.8 Å². The lowest BCUT2D eigenvalue weighted by molar-refractivity contribution is 0.620. The Morgan fingerprint density at radius 2 is 1.05 bits per heavy atom. The van der Waals surface area contributed by atoms with Crippen LogP contribution in [0.1, 0.15) is 111 Å². The molecule has 0 aromatic carbocycles. The van der Waals surface area contributed by atoms with E-state index < -0.39 is 0 Å². The van der Waals surface area contributed by atoms with Crippen LogP contribution in [0.25, 0.3) is 0 Å². The highest BCUT2D eigenvalue weighted by atomic mass is 14.0. The maximum atomic E-state index is 2.58. The summed E-state index contributed by atoms with van der Waals surface area (Å²) in [7, 11) is 0. The van der Waals surface area contributed by atoms with Crippen LogP contribution in [0.3, 0.4) is 0 Å². The molecule has 114 valence electrons. The molecular formula is C19H38. The first-order valence-electron chi connectivity index (χ1n) is 9.03. The molecule has 0 aliphatic rings. The Hall–Kier alpha value is -0.260. The van der Waals surface area contributed by atoms with Crippen LogP contribution in [-0.2, 0) is 0 Å². The van der Waals surface area contributed by atoms with Gasteiger partial charge in [0.05, 0.1) is 0 Å². The Morgan fingerprint density at radius 3 is 1.53 bits per heavy atom. The molecule has 0 N–H and O–H groups in total. The molecular weight excluding hydrogens is 228 g/mol. The summed E-state index contributed by atoms with van der Waals surface area (Å²) in [6, 6.07) is 0. The molecule has 0 heteroatoms. The van der Waals surface area contributed by atoms with Gasteiger partial charge in [-0.2, -0.15) is 0 Å². The zero-order chi connectivity index (χ0) is 14.2. The summed E-state index contributed by atoms with van der Waals surface area (Å²) in [6.07, 6.45) is 22.0. The molecule has 0 radical (unpaired) electrons. The lowest BCUT2D eigenvalue weighted by Gasteiger charge is -2.08. The van der Waals surface area contributed by atoms with Gasteiger partial charge < -0.3 is 0 Å². The molecule has 0 amide bonds. The topological polar surface area (TPSA) is 0 Å². The molecule has 0 heterocycles. The molecule has 0 aromatic heterocycles. The van der Waals surface area contributed by atoms with E-state index >= 15 is 0 Å². The maximum absolute atomic E-state index is 2.58. The van der Waals surface area contributed by atoms with Crippen LogP contribution in [0.15, 0.2) is 11.6 Å². The summed E-state index contributed by atoms with van der Waals surface area (Å²) >= 11 is 0. The van der Waals surface area contributed by atoms with Crippen molar-refractivity contribution in [2.24, 2.45) is 0 Å². The van der Waals surface area contributed by atoms with Crippen molar-refractivity contribution in [3.63, 3.8) is 0 Å². The highest BCUT2D eigenvalue weighted by molar-refractivity contribution is 5.01. The molecule has 0 nitrogen and oxygen atoms in total. The van der Waals surface area contributed by atoms with Crippen LogP contribution in [-0.4, -0.2) is 0 Å². The summed E-state index contributed by atoms with van der Waals surface area (Å²) in [4.78, 5) is 0. The highest BCUT2D eigenvalue weighted by Crippen LogP contribution is 2.19. The summed E-state index contributed by atoms with van der Waals surface area (Å²) in [5.74, 6) is 0. The Kier molecular flexibility index (Phi) is 15.6. The molecule has 0 bridgehead atoms. The molecule has 0 saturated carbocycles. The van der Waals surface area contributed by atoms with E-state index in [1.165, 1.54) is 89.9 Å². The zero-order valence-electron chi connectivity index (χ0n) is 14.0. The van der Waals surface area contributed by atoms with Gasteiger partial charge in [-0.3, -0.25) is 0 Å². The number of hydrogen-bond acceptors (Lipinski definition) is 0. The Morgan fingerprint density at radius 1 is 0.579 bits per heavy atom. The fourth-order valence-electron chi connectivity index (χ4n) is 2.59. The largest absolute Gasteiger partial charge is 0.0853 e. The molecule has 0 atom stereocenters. The standard InChI is InChI=1S/C19H38/c1-4-7-10-13-16-19(17-14-11-8-5-2)18-15-12-9-6-3/h16H,4-15,17-18H2,1-3H3. The summed E-state index contributed by atoms with van der Waals surface area (Å²) in [5.41, 5.74) is 1.77. The predicted molar refractivity (Wildman–Crippen MR) is 89.7 cm³/mol. The third-order valence-electron chi connectivity index (χ3n) is 3.94. The van der Waals surface area contributed by atoms with Gasteiger partial charge in [-0.25, -0.2) is 0 Å². The molecule has 0 unspecified atom stereocenters. The van der Waals surface area contributed by atoms with Crippen LogP contribution < -0.4 is 0 Å². The van der Waals surface area contributed by atoms with Gasteiger partial charge in [0.15, 0.2) is 0 Å². The van der Waals surface area contributed by atoms with Gasteiger partial charge in [-0.05, 0) is 38.5 Å². The van der Waals surface area contributed by atoms with E-state index in [0.29, 0.717) is 0 Å². The van der Waals surface area contributed by atoms with Gasteiger partial charge in [0, 0.05) is 0 Å². The Labute approximate surface area is 123 Å². The molecule has 0 aliphatic heterocycles. The molecule has 0 aliphatic carbocycles. The summed E-state index contributed by atoms with van der Waals surface area (Å²) in [6.45, 7) is 6.89. The fourth-order valence-corrected chi connectivity index (χ4v) is 2.59. The molecule has 19 heavy (non-hydrogen) atoms. The minimum Gasteiger partial charge on any atom is -0.0853 e. The smallest absolute Gasteiger partial charge is 0.0320 e. The molecule has 0 spiro atoms. The second kappa shape index (κ2) is 15.8. The lowest BCUT2D eigenvalue weighted by atomic mass is 9.98. The zero-order valence-corrected chi connectivity index (χ0v) is 14.0. The van der Waals surface area contributed by atoms with E-state index in [0.717, 1.165) is 0 Å². The quantitative estimate of drug-likeness (QED) is 0.226. The normalized spacial score (nSPS) is 10.7. The first-order chi connectivity index (χ1) is 9.35. The Balaban J connectivity index is 3.84. The summed E-state index contributed by atoms with van der Waals surface area (Å²) < 4.78 is 0. The van der Waals surface area contributed by atoms with Crippen LogP contribution >= 0.6 is 0 Å². The van der Waals surface area contributed by atoms with E-state index in [-0.39, 0.29) is 0 Å². The third-order valence-corrected chi connectivity index (χ3v) is 3.94. The van der Waals surface area contributed by atoms with E-state index in [4.69, 9.17) is 0 Å². The SMILES string of the molecule is CCCCCC=C(CCCCCC)CCCCCC. The second-order valence-corrected chi connectivity index (χ2v) is 5.98. The van der Waals surface area contributed by atoms with Crippen molar-refractivity contribution >= 4 is 0 Å². The van der Waals surface area contributed by atoms with Gasteiger partial charge >= 0.3 is 0 Å².